The molecular formula is C36H39ClFN5O5. The molecule has 2 aliphatic rings. The number of allylic oxidation sites excluding steroid dienone is 1. The molecule has 3 atom stereocenters. The number of carbonyl (C=O) groups excluding carboxylic acids is 3. The molecule has 3 aromatic rings. The number of benzene rings is 2. The largest absolute Gasteiger partial charge is 0.447 e. The van der Waals surface area contributed by atoms with Gasteiger partial charge in [0, 0.05) is 42.3 Å². The SMILES string of the molecule is COCCOC(=O)Nc1ccc2c(c1)NC(=O)[C@H](C)CCC[C@H](NC(=O)C1=C(C)CCC(c3cccc(Cl)c3F)N=C1)c1ccnc-2c1. The highest BCUT2D eigenvalue weighted by Crippen LogP contribution is 2.35. The van der Waals surface area contributed by atoms with Crippen molar-refractivity contribution in [2.75, 3.05) is 31.0 Å². The average molecular weight is 676 g/mol. The van der Waals surface area contributed by atoms with Crippen LogP contribution in [0.3, 0.4) is 0 Å². The molecule has 48 heavy (non-hydrogen) atoms. The van der Waals surface area contributed by atoms with E-state index in [-0.39, 0.29) is 42.0 Å². The van der Waals surface area contributed by atoms with Gasteiger partial charge in [-0.25, -0.2) is 9.18 Å². The number of aliphatic imine (C=N–C) groups is 1. The zero-order chi connectivity index (χ0) is 34.2. The van der Waals surface area contributed by atoms with Crippen molar-refractivity contribution in [1.29, 1.82) is 0 Å². The average Bonchev–Trinajstić information content (AvgIpc) is 3.26. The molecule has 3 N–H and O–H groups in total. The molecule has 0 saturated heterocycles. The van der Waals surface area contributed by atoms with Crippen molar-refractivity contribution in [3.63, 3.8) is 0 Å². The predicted molar refractivity (Wildman–Crippen MR) is 184 cm³/mol. The minimum atomic E-state index is -0.644. The van der Waals surface area contributed by atoms with E-state index in [1.165, 1.54) is 19.4 Å². The Morgan fingerprint density at radius 1 is 1.10 bits per heavy atom. The third-order valence-corrected chi connectivity index (χ3v) is 8.90. The molecule has 0 radical (unpaired) electrons. The Morgan fingerprint density at radius 2 is 1.94 bits per heavy atom. The molecule has 0 saturated carbocycles. The van der Waals surface area contributed by atoms with Gasteiger partial charge >= 0.3 is 6.09 Å². The van der Waals surface area contributed by atoms with Crippen LogP contribution in [-0.2, 0) is 19.1 Å². The normalized spacial score (nSPS) is 19.6. The number of amides is 3. The smallest absolute Gasteiger partial charge is 0.411 e. The van der Waals surface area contributed by atoms with Gasteiger partial charge in [-0.15, -0.1) is 0 Å². The summed E-state index contributed by atoms with van der Waals surface area (Å²) in [6, 6.07) is 12.9. The fourth-order valence-corrected chi connectivity index (χ4v) is 5.99. The van der Waals surface area contributed by atoms with E-state index in [0.29, 0.717) is 65.9 Å². The van der Waals surface area contributed by atoms with Gasteiger partial charge in [-0.05, 0) is 74.6 Å². The third kappa shape index (κ3) is 8.45. The van der Waals surface area contributed by atoms with E-state index in [2.05, 4.69) is 25.9 Å². The Hall–Kier alpha value is -4.61. The standard InChI is InChI=1S/C36H39ClFN5O5/c1-21-10-13-30(26-7-5-8-28(37)33(26)38)40-20-27(21)35(45)42-29-9-4-6-22(2)34(44)43-32-19-24(41-36(46)48-17-16-47-3)11-12-25(32)31-18-23(29)14-15-39-31/h5,7-8,11-12,14-15,18-20,22,29-30H,4,6,9-10,13,16-17H2,1-3H3,(H,41,46)(H,42,45)(H,43,44)/t22-,29+,30?/m1/s1. The second kappa shape index (κ2) is 16.0. The first-order chi connectivity index (χ1) is 23.1. The first kappa shape index (κ1) is 34.7. The van der Waals surface area contributed by atoms with Crippen molar-refractivity contribution in [3.05, 3.63) is 87.8 Å². The molecule has 252 valence electrons. The van der Waals surface area contributed by atoms with E-state index in [0.717, 1.165) is 11.1 Å². The number of ether oxygens (including phenoxy) is 2. The summed E-state index contributed by atoms with van der Waals surface area (Å²) in [4.78, 5) is 48.5. The van der Waals surface area contributed by atoms with E-state index in [4.69, 9.17) is 21.1 Å². The lowest BCUT2D eigenvalue weighted by Gasteiger charge is -2.23. The molecule has 12 heteroatoms. The van der Waals surface area contributed by atoms with E-state index >= 15 is 0 Å². The van der Waals surface area contributed by atoms with Gasteiger partial charge in [0.25, 0.3) is 5.91 Å². The van der Waals surface area contributed by atoms with Gasteiger partial charge in [0.15, 0.2) is 0 Å². The molecule has 1 unspecified atom stereocenters. The van der Waals surface area contributed by atoms with Gasteiger partial charge in [0.1, 0.15) is 12.4 Å². The van der Waals surface area contributed by atoms with Crippen molar-refractivity contribution in [3.8, 4) is 11.3 Å². The minimum absolute atomic E-state index is 0.0405. The monoisotopic (exact) mass is 675 g/mol. The number of nitrogens with zero attached hydrogens (tertiary/aromatic N) is 2. The number of pyridine rings is 1. The van der Waals surface area contributed by atoms with Crippen molar-refractivity contribution < 1.29 is 28.2 Å². The Kier molecular flexibility index (Phi) is 11.6. The van der Waals surface area contributed by atoms with Gasteiger partial charge in [-0.1, -0.05) is 42.7 Å². The number of nitrogens with one attached hydrogen (secondary N) is 3. The highest BCUT2D eigenvalue weighted by Gasteiger charge is 2.25. The van der Waals surface area contributed by atoms with E-state index in [1.807, 2.05) is 26.0 Å². The van der Waals surface area contributed by atoms with Gasteiger partial charge in [0.05, 0.1) is 40.7 Å². The number of aromatic nitrogens is 1. The zero-order valence-corrected chi connectivity index (χ0v) is 27.9. The molecule has 2 aliphatic heterocycles. The molecular weight excluding hydrogens is 637 g/mol. The summed E-state index contributed by atoms with van der Waals surface area (Å²) in [5.74, 6) is -1.27. The van der Waals surface area contributed by atoms with Crippen LogP contribution in [0.1, 0.15) is 69.2 Å². The van der Waals surface area contributed by atoms with Crippen molar-refractivity contribution >= 4 is 47.1 Å². The number of rotatable bonds is 7. The number of hydrogen-bond donors (Lipinski definition) is 3. The summed E-state index contributed by atoms with van der Waals surface area (Å²) in [6.45, 7) is 4.12. The molecule has 5 rings (SSSR count). The van der Waals surface area contributed by atoms with Crippen molar-refractivity contribution in [2.24, 2.45) is 10.9 Å². The summed E-state index contributed by atoms with van der Waals surface area (Å²) >= 11 is 6.02. The van der Waals surface area contributed by atoms with Crippen LogP contribution in [0.25, 0.3) is 11.3 Å². The molecule has 2 aromatic carbocycles. The van der Waals surface area contributed by atoms with Crippen molar-refractivity contribution in [2.45, 2.75) is 58.0 Å². The molecule has 0 fully saturated rings. The van der Waals surface area contributed by atoms with E-state index in [1.54, 1.807) is 36.5 Å². The summed E-state index contributed by atoms with van der Waals surface area (Å²) < 4.78 is 24.8. The van der Waals surface area contributed by atoms with Crippen molar-refractivity contribution in [1.82, 2.24) is 10.3 Å². The summed E-state index contributed by atoms with van der Waals surface area (Å²) in [6.07, 6.45) is 5.52. The summed E-state index contributed by atoms with van der Waals surface area (Å²) in [7, 11) is 1.52. The van der Waals surface area contributed by atoms with Crippen LogP contribution in [0.4, 0.5) is 20.6 Å². The van der Waals surface area contributed by atoms with Crippen LogP contribution in [-0.4, -0.2) is 49.4 Å². The van der Waals surface area contributed by atoms with E-state index in [9.17, 15) is 18.8 Å². The maximum Gasteiger partial charge on any atom is 0.411 e. The lowest BCUT2D eigenvalue weighted by atomic mass is 9.94. The highest BCUT2D eigenvalue weighted by molar-refractivity contribution is 6.30. The maximum absolute atomic E-state index is 14.8. The number of anilines is 2. The molecule has 10 nitrogen and oxygen atoms in total. The van der Waals surface area contributed by atoms with Gasteiger partial charge in [-0.2, -0.15) is 0 Å². The topological polar surface area (TPSA) is 131 Å². The first-order valence-corrected chi connectivity index (χ1v) is 16.3. The third-order valence-electron chi connectivity index (χ3n) is 8.61. The molecule has 1 aromatic heterocycles. The quantitative estimate of drug-likeness (QED) is 0.221. The fourth-order valence-electron chi connectivity index (χ4n) is 5.81. The number of halogens is 2. The summed E-state index contributed by atoms with van der Waals surface area (Å²) in [5.41, 5.74) is 4.71. The number of carbonyl (C=O) groups is 3. The Labute approximate surface area is 284 Å². The lowest BCUT2D eigenvalue weighted by Crippen LogP contribution is -2.31. The second-order valence-corrected chi connectivity index (χ2v) is 12.4. The van der Waals surface area contributed by atoms with Crippen LogP contribution in [0.15, 0.2) is 70.9 Å². The lowest BCUT2D eigenvalue weighted by molar-refractivity contribution is -0.120. The number of fused-ring (bicyclic) bond motifs is 4. The van der Waals surface area contributed by atoms with Crippen LogP contribution in [0.5, 0.6) is 0 Å². The minimum Gasteiger partial charge on any atom is -0.447 e. The van der Waals surface area contributed by atoms with Gasteiger partial charge in [-0.3, -0.25) is 24.9 Å². The highest BCUT2D eigenvalue weighted by atomic mass is 35.5. The van der Waals surface area contributed by atoms with Gasteiger partial charge < -0.3 is 20.1 Å². The van der Waals surface area contributed by atoms with Crippen LogP contribution >= 0.6 is 11.6 Å². The number of methoxy groups -OCH3 is 1. The first-order valence-electron chi connectivity index (χ1n) is 16.0. The van der Waals surface area contributed by atoms with Gasteiger partial charge in [0.2, 0.25) is 5.91 Å². The molecule has 2 bridgehead atoms. The Balaban J connectivity index is 1.41. The predicted octanol–water partition coefficient (Wildman–Crippen LogP) is 7.57. The second-order valence-electron chi connectivity index (χ2n) is 12.0. The summed E-state index contributed by atoms with van der Waals surface area (Å²) in [5, 5.41) is 8.93. The number of hydrogen-bond acceptors (Lipinski definition) is 7. The van der Waals surface area contributed by atoms with Crippen LogP contribution in [0, 0.1) is 11.7 Å². The van der Waals surface area contributed by atoms with Crippen LogP contribution in [0.2, 0.25) is 5.02 Å². The zero-order valence-electron chi connectivity index (χ0n) is 27.1. The Morgan fingerprint density at radius 3 is 2.75 bits per heavy atom. The molecule has 0 spiro atoms. The molecule has 3 heterocycles. The Bertz CT molecular complexity index is 1750. The van der Waals surface area contributed by atoms with Crippen LogP contribution < -0.4 is 16.0 Å². The fraction of sp³-hybridized carbons (Fsp3) is 0.361. The molecule has 3 amide bonds. The maximum atomic E-state index is 14.8. The molecule has 0 aliphatic carbocycles. The van der Waals surface area contributed by atoms with E-state index < -0.39 is 18.0 Å².